The van der Waals surface area contributed by atoms with Crippen LogP contribution in [-0.2, 0) is 14.3 Å². The number of hydrogen-bond acceptors (Lipinski definition) is 4. The maximum Gasteiger partial charge on any atom is 0.328 e. The van der Waals surface area contributed by atoms with Gasteiger partial charge in [0.2, 0.25) is 5.91 Å². The summed E-state index contributed by atoms with van der Waals surface area (Å²) in [6.07, 6.45) is 0.495. The number of hydrogen-bond donors (Lipinski definition) is 2. The molecular formula is C11H22N2O3. The van der Waals surface area contributed by atoms with Crippen LogP contribution in [0, 0.1) is 5.92 Å². The molecule has 1 amide bonds. The fourth-order valence-electron chi connectivity index (χ4n) is 0.980. The highest BCUT2D eigenvalue weighted by atomic mass is 16.5. The van der Waals surface area contributed by atoms with Gasteiger partial charge in [-0.15, -0.1) is 0 Å². The highest BCUT2D eigenvalue weighted by Crippen LogP contribution is 1.99. The number of esters is 1. The Hall–Kier alpha value is -1.10. The third kappa shape index (κ3) is 5.70. The molecule has 0 radical (unpaired) electrons. The van der Waals surface area contributed by atoms with Crippen LogP contribution in [0.3, 0.4) is 0 Å². The highest BCUT2D eigenvalue weighted by molar-refractivity contribution is 5.87. The quantitative estimate of drug-likeness (QED) is 0.648. The van der Waals surface area contributed by atoms with Gasteiger partial charge < -0.3 is 15.8 Å². The van der Waals surface area contributed by atoms with Crippen LogP contribution >= 0.6 is 0 Å². The lowest BCUT2D eigenvalue weighted by molar-refractivity contribution is -0.149. The fourth-order valence-corrected chi connectivity index (χ4v) is 0.980. The Labute approximate surface area is 96.7 Å². The molecule has 0 aliphatic heterocycles. The Kier molecular flexibility index (Phi) is 6.72. The third-order valence-corrected chi connectivity index (χ3v) is 1.98. The number of rotatable bonds is 6. The zero-order valence-corrected chi connectivity index (χ0v) is 10.4. The van der Waals surface area contributed by atoms with Gasteiger partial charge in [0.05, 0.1) is 12.6 Å². The topological polar surface area (TPSA) is 81.4 Å². The number of carbonyl (C=O) groups excluding carboxylic acids is 2. The summed E-state index contributed by atoms with van der Waals surface area (Å²) < 4.78 is 5.04. The minimum atomic E-state index is -0.619. The number of nitrogens with one attached hydrogen (secondary N) is 1. The van der Waals surface area contributed by atoms with Gasteiger partial charge >= 0.3 is 5.97 Å². The fraction of sp³-hybridized carbons (Fsp3) is 0.818. The number of amides is 1. The summed E-state index contributed by atoms with van der Waals surface area (Å²) in [4.78, 5) is 22.9. The van der Waals surface area contributed by atoms with Crippen molar-refractivity contribution >= 4 is 11.9 Å². The van der Waals surface area contributed by atoms with Gasteiger partial charge in [-0.25, -0.2) is 4.79 Å². The van der Waals surface area contributed by atoms with Crippen molar-refractivity contribution in [1.82, 2.24) is 5.32 Å². The SMILES string of the molecule is CC[C@H](NC(=O)[C@@H](C)N)C(=O)OCC(C)C. The zero-order valence-electron chi connectivity index (χ0n) is 10.4. The normalized spacial score (nSPS) is 14.4. The average molecular weight is 230 g/mol. The zero-order chi connectivity index (χ0) is 12.7. The van der Waals surface area contributed by atoms with E-state index in [0.717, 1.165) is 0 Å². The number of ether oxygens (including phenoxy) is 1. The van der Waals surface area contributed by atoms with Crippen LogP contribution in [0.25, 0.3) is 0 Å². The minimum absolute atomic E-state index is 0.283. The van der Waals surface area contributed by atoms with Crippen molar-refractivity contribution in [3.8, 4) is 0 Å². The highest BCUT2D eigenvalue weighted by Gasteiger charge is 2.21. The van der Waals surface area contributed by atoms with Crippen LogP contribution in [-0.4, -0.2) is 30.6 Å². The molecule has 0 bridgehead atoms. The van der Waals surface area contributed by atoms with Crippen LogP contribution in [0.1, 0.15) is 34.1 Å². The van der Waals surface area contributed by atoms with Crippen molar-refractivity contribution in [3.05, 3.63) is 0 Å². The van der Waals surface area contributed by atoms with E-state index in [1.807, 2.05) is 20.8 Å². The molecule has 0 aromatic heterocycles. The predicted molar refractivity (Wildman–Crippen MR) is 61.7 cm³/mol. The van der Waals surface area contributed by atoms with Crippen LogP contribution < -0.4 is 11.1 Å². The maximum atomic E-state index is 11.6. The number of nitrogens with two attached hydrogens (primary N) is 1. The lowest BCUT2D eigenvalue weighted by Gasteiger charge is -2.17. The van der Waals surface area contributed by atoms with Crippen LogP contribution in [0.4, 0.5) is 0 Å². The summed E-state index contributed by atoms with van der Waals surface area (Å²) in [6, 6.07) is -1.22. The van der Waals surface area contributed by atoms with Crippen molar-refractivity contribution in [2.24, 2.45) is 11.7 Å². The molecule has 2 atom stereocenters. The van der Waals surface area contributed by atoms with Gasteiger partial charge in [-0.3, -0.25) is 4.79 Å². The van der Waals surface area contributed by atoms with Gasteiger partial charge in [-0.05, 0) is 19.3 Å². The lowest BCUT2D eigenvalue weighted by atomic mass is 10.2. The number of carbonyl (C=O) groups is 2. The molecule has 0 aliphatic rings. The van der Waals surface area contributed by atoms with Gasteiger partial charge in [0.25, 0.3) is 0 Å². The first kappa shape index (κ1) is 14.9. The molecule has 0 saturated heterocycles. The molecule has 5 nitrogen and oxygen atoms in total. The van der Waals surface area contributed by atoms with E-state index in [9.17, 15) is 9.59 Å². The summed E-state index contributed by atoms with van der Waals surface area (Å²) in [5.41, 5.74) is 5.40. The summed E-state index contributed by atoms with van der Waals surface area (Å²) in [7, 11) is 0. The van der Waals surface area contributed by atoms with E-state index in [-0.39, 0.29) is 11.8 Å². The first-order chi connectivity index (χ1) is 7.38. The second-order valence-corrected chi connectivity index (χ2v) is 4.28. The second kappa shape index (κ2) is 7.22. The molecule has 0 fully saturated rings. The van der Waals surface area contributed by atoms with Crippen molar-refractivity contribution in [2.45, 2.75) is 46.2 Å². The molecule has 3 N–H and O–H groups in total. The standard InChI is InChI=1S/C11H22N2O3/c1-5-9(13-10(14)8(4)12)11(15)16-6-7(2)3/h7-9H,5-6,12H2,1-4H3,(H,13,14)/t8-,9+/m1/s1. The molecule has 0 aromatic carbocycles. The average Bonchev–Trinajstić information content (AvgIpc) is 2.21. The van der Waals surface area contributed by atoms with E-state index in [4.69, 9.17) is 10.5 Å². The minimum Gasteiger partial charge on any atom is -0.464 e. The molecule has 0 rings (SSSR count). The smallest absolute Gasteiger partial charge is 0.328 e. The van der Waals surface area contributed by atoms with Crippen molar-refractivity contribution < 1.29 is 14.3 Å². The molecule has 0 unspecified atom stereocenters. The molecule has 0 aliphatic carbocycles. The summed E-state index contributed by atoms with van der Waals surface area (Å²) in [5.74, 6) is -0.455. The van der Waals surface area contributed by atoms with Crippen LogP contribution in [0.5, 0.6) is 0 Å². The van der Waals surface area contributed by atoms with Gasteiger partial charge in [-0.1, -0.05) is 20.8 Å². The Balaban J connectivity index is 4.17. The van der Waals surface area contributed by atoms with Gasteiger partial charge in [0, 0.05) is 0 Å². The van der Waals surface area contributed by atoms with Crippen LogP contribution in [0.15, 0.2) is 0 Å². The van der Waals surface area contributed by atoms with Gasteiger partial charge in [0.15, 0.2) is 0 Å². The van der Waals surface area contributed by atoms with E-state index >= 15 is 0 Å². The first-order valence-electron chi connectivity index (χ1n) is 5.61. The van der Waals surface area contributed by atoms with E-state index in [2.05, 4.69) is 5.32 Å². The maximum absolute atomic E-state index is 11.6. The first-order valence-corrected chi connectivity index (χ1v) is 5.61. The third-order valence-electron chi connectivity index (χ3n) is 1.98. The Morgan fingerprint density at radius 1 is 1.31 bits per heavy atom. The Bertz CT molecular complexity index is 239. The monoisotopic (exact) mass is 230 g/mol. The summed E-state index contributed by atoms with van der Waals surface area (Å²) in [5, 5.41) is 2.55. The molecule has 0 spiro atoms. The largest absolute Gasteiger partial charge is 0.464 e. The Morgan fingerprint density at radius 2 is 1.88 bits per heavy atom. The molecule has 16 heavy (non-hydrogen) atoms. The summed E-state index contributed by atoms with van der Waals surface area (Å²) >= 11 is 0. The molecule has 0 saturated carbocycles. The molecule has 5 heteroatoms. The predicted octanol–water partition coefficient (Wildman–Crippen LogP) is 0.428. The van der Waals surface area contributed by atoms with Crippen molar-refractivity contribution in [1.29, 1.82) is 0 Å². The summed E-state index contributed by atoms with van der Waals surface area (Å²) in [6.45, 7) is 7.65. The molecule has 0 heterocycles. The van der Waals surface area contributed by atoms with E-state index in [1.54, 1.807) is 6.92 Å². The molecular weight excluding hydrogens is 208 g/mol. The van der Waals surface area contributed by atoms with Crippen molar-refractivity contribution in [3.63, 3.8) is 0 Å². The lowest BCUT2D eigenvalue weighted by Crippen LogP contribution is -2.47. The Morgan fingerprint density at radius 3 is 2.25 bits per heavy atom. The van der Waals surface area contributed by atoms with Crippen LogP contribution in [0.2, 0.25) is 0 Å². The second-order valence-electron chi connectivity index (χ2n) is 4.28. The molecule has 0 aromatic rings. The molecule has 94 valence electrons. The van der Waals surface area contributed by atoms with Gasteiger partial charge in [0.1, 0.15) is 6.04 Å². The van der Waals surface area contributed by atoms with E-state index in [0.29, 0.717) is 13.0 Å². The van der Waals surface area contributed by atoms with E-state index in [1.165, 1.54) is 0 Å². The van der Waals surface area contributed by atoms with Gasteiger partial charge in [-0.2, -0.15) is 0 Å². The van der Waals surface area contributed by atoms with E-state index < -0.39 is 18.1 Å². The van der Waals surface area contributed by atoms with Crippen molar-refractivity contribution in [2.75, 3.05) is 6.61 Å².